The molecule has 2 heterocycles. The average Bonchev–Trinajstić information content (AvgIpc) is 2.46. The molecule has 4 heteroatoms. The molecule has 2 atom stereocenters. The van der Waals surface area contributed by atoms with Crippen LogP contribution < -0.4 is 16.2 Å². The molecule has 98 valence electrons. The quantitative estimate of drug-likeness (QED) is 0.863. The van der Waals surface area contributed by atoms with E-state index in [9.17, 15) is 0 Å². The third-order valence-electron chi connectivity index (χ3n) is 3.67. The van der Waals surface area contributed by atoms with E-state index in [0.717, 1.165) is 23.3 Å². The van der Waals surface area contributed by atoms with Crippen LogP contribution in [0.4, 0.5) is 5.82 Å². The van der Waals surface area contributed by atoms with Crippen molar-refractivity contribution in [2.75, 3.05) is 12.3 Å². The minimum absolute atomic E-state index is 0.154. The standard InChI is InChI=1S/C15H17N3O/c16-14(12-5-3-8-18-15(12)17)11-7-9-19-13-6-2-1-4-10(11)13/h1-6,8,11,14H,7,9,16H2,(H2,17,18). The lowest BCUT2D eigenvalue weighted by Gasteiger charge is -2.30. The number of pyridine rings is 1. The van der Waals surface area contributed by atoms with Crippen molar-refractivity contribution in [3.05, 3.63) is 53.7 Å². The van der Waals surface area contributed by atoms with Gasteiger partial charge in [0, 0.05) is 23.7 Å². The van der Waals surface area contributed by atoms with E-state index in [1.165, 1.54) is 0 Å². The van der Waals surface area contributed by atoms with Crippen LogP contribution in [0.1, 0.15) is 29.5 Å². The van der Waals surface area contributed by atoms with Gasteiger partial charge >= 0.3 is 0 Å². The highest BCUT2D eigenvalue weighted by atomic mass is 16.5. The van der Waals surface area contributed by atoms with Gasteiger partial charge in [-0.15, -0.1) is 0 Å². The molecule has 0 aliphatic carbocycles. The molecule has 0 bridgehead atoms. The molecular weight excluding hydrogens is 238 g/mol. The van der Waals surface area contributed by atoms with Crippen molar-refractivity contribution in [3.8, 4) is 5.75 Å². The van der Waals surface area contributed by atoms with Crippen LogP contribution in [0.5, 0.6) is 5.75 Å². The first-order valence-corrected chi connectivity index (χ1v) is 6.45. The third kappa shape index (κ3) is 2.15. The first-order valence-electron chi connectivity index (χ1n) is 6.45. The molecule has 0 fully saturated rings. The number of ether oxygens (including phenoxy) is 1. The van der Waals surface area contributed by atoms with Crippen molar-refractivity contribution < 1.29 is 4.74 Å². The van der Waals surface area contributed by atoms with Crippen molar-refractivity contribution in [2.24, 2.45) is 5.73 Å². The Labute approximate surface area is 112 Å². The van der Waals surface area contributed by atoms with Crippen molar-refractivity contribution in [1.82, 2.24) is 4.98 Å². The number of hydrogen-bond acceptors (Lipinski definition) is 4. The van der Waals surface area contributed by atoms with E-state index >= 15 is 0 Å². The molecule has 1 aromatic carbocycles. The zero-order valence-electron chi connectivity index (χ0n) is 10.6. The highest BCUT2D eigenvalue weighted by Crippen LogP contribution is 2.40. The molecule has 2 unspecified atom stereocenters. The second-order valence-electron chi connectivity index (χ2n) is 4.79. The summed E-state index contributed by atoms with van der Waals surface area (Å²) in [7, 11) is 0. The van der Waals surface area contributed by atoms with E-state index in [-0.39, 0.29) is 12.0 Å². The van der Waals surface area contributed by atoms with Gasteiger partial charge in [0.15, 0.2) is 0 Å². The molecule has 2 aromatic rings. The highest BCUT2D eigenvalue weighted by molar-refractivity contribution is 5.45. The van der Waals surface area contributed by atoms with Gasteiger partial charge in [-0.05, 0) is 24.1 Å². The van der Waals surface area contributed by atoms with Crippen LogP contribution >= 0.6 is 0 Å². The van der Waals surface area contributed by atoms with E-state index < -0.39 is 0 Å². The number of benzene rings is 1. The third-order valence-corrected chi connectivity index (χ3v) is 3.67. The Balaban J connectivity index is 1.98. The van der Waals surface area contributed by atoms with Crippen LogP contribution in [0.2, 0.25) is 0 Å². The van der Waals surface area contributed by atoms with Crippen molar-refractivity contribution in [1.29, 1.82) is 0 Å². The number of fused-ring (bicyclic) bond motifs is 1. The van der Waals surface area contributed by atoms with E-state index in [2.05, 4.69) is 11.1 Å². The van der Waals surface area contributed by atoms with Crippen LogP contribution in [-0.2, 0) is 0 Å². The fraction of sp³-hybridized carbons (Fsp3) is 0.267. The average molecular weight is 255 g/mol. The van der Waals surface area contributed by atoms with Gasteiger partial charge < -0.3 is 16.2 Å². The lowest BCUT2D eigenvalue weighted by molar-refractivity contribution is 0.256. The van der Waals surface area contributed by atoms with Crippen LogP contribution in [0.15, 0.2) is 42.6 Å². The molecule has 1 aromatic heterocycles. The predicted octanol–water partition coefficient (Wildman–Crippen LogP) is 2.23. The number of nitrogens with two attached hydrogens (primary N) is 2. The maximum Gasteiger partial charge on any atom is 0.128 e. The Hall–Kier alpha value is -2.07. The van der Waals surface area contributed by atoms with Crippen LogP contribution in [-0.4, -0.2) is 11.6 Å². The highest BCUT2D eigenvalue weighted by Gasteiger charge is 2.28. The van der Waals surface area contributed by atoms with Gasteiger partial charge in [0.2, 0.25) is 0 Å². The van der Waals surface area contributed by atoms with Crippen LogP contribution in [0.25, 0.3) is 0 Å². The lowest BCUT2D eigenvalue weighted by atomic mass is 9.84. The summed E-state index contributed by atoms with van der Waals surface area (Å²) >= 11 is 0. The summed E-state index contributed by atoms with van der Waals surface area (Å²) in [4.78, 5) is 4.12. The first kappa shape index (κ1) is 12.0. The number of rotatable bonds is 2. The summed E-state index contributed by atoms with van der Waals surface area (Å²) in [6.07, 6.45) is 2.58. The molecule has 19 heavy (non-hydrogen) atoms. The monoisotopic (exact) mass is 255 g/mol. The molecule has 4 nitrogen and oxygen atoms in total. The summed E-state index contributed by atoms with van der Waals surface area (Å²) in [5.74, 6) is 1.66. The Bertz CT molecular complexity index is 585. The molecular formula is C15H17N3O. The van der Waals surface area contributed by atoms with Gasteiger partial charge in [-0.25, -0.2) is 4.98 Å². The van der Waals surface area contributed by atoms with Crippen molar-refractivity contribution >= 4 is 5.82 Å². The number of para-hydroxylation sites is 1. The summed E-state index contributed by atoms with van der Waals surface area (Å²) in [5, 5.41) is 0. The van der Waals surface area contributed by atoms with Crippen LogP contribution in [0.3, 0.4) is 0 Å². The Morgan fingerprint density at radius 1 is 1.21 bits per heavy atom. The van der Waals surface area contributed by atoms with E-state index in [1.54, 1.807) is 6.20 Å². The normalized spacial score (nSPS) is 19.3. The zero-order valence-corrected chi connectivity index (χ0v) is 10.6. The molecule has 1 aliphatic rings. The molecule has 4 N–H and O–H groups in total. The minimum Gasteiger partial charge on any atom is -0.493 e. The molecule has 0 saturated heterocycles. The smallest absolute Gasteiger partial charge is 0.128 e. The second kappa shape index (κ2) is 4.90. The van der Waals surface area contributed by atoms with Gasteiger partial charge in [0.1, 0.15) is 11.6 Å². The SMILES string of the molecule is Nc1ncccc1C(N)C1CCOc2ccccc21. The molecule has 0 amide bonds. The molecule has 3 rings (SSSR count). The topological polar surface area (TPSA) is 74.2 Å². The Morgan fingerprint density at radius 2 is 2.05 bits per heavy atom. The number of anilines is 1. The summed E-state index contributed by atoms with van der Waals surface area (Å²) in [6, 6.07) is 11.7. The maximum absolute atomic E-state index is 6.41. The molecule has 0 radical (unpaired) electrons. The fourth-order valence-electron chi connectivity index (χ4n) is 2.67. The van der Waals surface area contributed by atoms with Gasteiger partial charge in [-0.2, -0.15) is 0 Å². The number of aromatic nitrogens is 1. The van der Waals surface area contributed by atoms with E-state index in [0.29, 0.717) is 12.4 Å². The van der Waals surface area contributed by atoms with Crippen LogP contribution in [0, 0.1) is 0 Å². The Kier molecular flexibility index (Phi) is 3.09. The van der Waals surface area contributed by atoms with Gasteiger partial charge in [-0.1, -0.05) is 24.3 Å². The fourth-order valence-corrected chi connectivity index (χ4v) is 2.67. The summed E-state index contributed by atoms with van der Waals surface area (Å²) in [6.45, 7) is 0.690. The maximum atomic E-state index is 6.41. The molecule has 1 aliphatic heterocycles. The van der Waals surface area contributed by atoms with E-state index in [1.807, 2.05) is 30.3 Å². The number of nitrogen functional groups attached to an aromatic ring is 1. The number of hydrogen-bond donors (Lipinski definition) is 2. The summed E-state index contributed by atoms with van der Waals surface area (Å²) in [5.41, 5.74) is 14.4. The van der Waals surface area contributed by atoms with Crippen molar-refractivity contribution in [2.45, 2.75) is 18.4 Å². The summed E-state index contributed by atoms with van der Waals surface area (Å²) < 4.78 is 5.67. The first-order chi connectivity index (χ1) is 9.27. The van der Waals surface area contributed by atoms with Gasteiger partial charge in [0.25, 0.3) is 0 Å². The van der Waals surface area contributed by atoms with Gasteiger partial charge in [-0.3, -0.25) is 0 Å². The zero-order chi connectivity index (χ0) is 13.2. The largest absolute Gasteiger partial charge is 0.493 e. The lowest BCUT2D eigenvalue weighted by Crippen LogP contribution is -2.26. The molecule has 0 spiro atoms. The second-order valence-corrected chi connectivity index (χ2v) is 4.79. The van der Waals surface area contributed by atoms with E-state index in [4.69, 9.17) is 16.2 Å². The molecule has 0 saturated carbocycles. The minimum atomic E-state index is -0.154. The Morgan fingerprint density at radius 3 is 2.89 bits per heavy atom. The number of nitrogens with zero attached hydrogens (tertiary/aromatic N) is 1. The van der Waals surface area contributed by atoms with Crippen molar-refractivity contribution in [3.63, 3.8) is 0 Å². The van der Waals surface area contributed by atoms with Gasteiger partial charge in [0.05, 0.1) is 6.61 Å². The predicted molar refractivity (Wildman–Crippen MR) is 74.9 cm³/mol.